The van der Waals surface area contributed by atoms with E-state index in [1.165, 1.54) is 6.33 Å². The van der Waals surface area contributed by atoms with Gasteiger partial charge in [0.2, 0.25) is 0 Å². The van der Waals surface area contributed by atoms with Crippen molar-refractivity contribution in [3.8, 4) is 0 Å². The number of aliphatic hydroxyl groups is 3. The van der Waals surface area contributed by atoms with Gasteiger partial charge in [-0.05, 0) is 0 Å². The molecule has 0 amide bonds. The monoisotopic (exact) mass is 346 g/mol. The molecule has 0 saturated heterocycles. The number of hydrogen-bond acceptors (Lipinski definition) is 9. The van der Waals surface area contributed by atoms with Gasteiger partial charge in [-0.2, -0.15) is 0 Å². The molecular weight excluding hydrogens is 328 g/mol. The average Bonchev–Trinajstić information content (AvgIpc) is 3.24. The lowest BCUT2D eigenvalue weighted by Gasteiger charge is -2.28. The van der Waals surface area contributed by atoms with Crippen LogP contribution in [0.3, 0.4) is 0 Å². The predicted octanol–water partition coefficient (Wildman–Crippen LogP) is -1.72. The molecule has 0 aliphatic carbocycles. The Morgan fingerprint density at radius 3 is 2.84 bits per heavy atom. The van der Waals surface area contributed by atoms with E-state index in [0.717, 1.165) is 5.69 Å². The van der Waals surface area contributed by atoms with Crippen LogP contribution in [0.5, 0.6) is 0 Å². The number of imidazole rings is 1. The second kappa shape index (κ2) is 6.35. The van der Waals surface area contributed by atoms with Crippen molar-refractivity contribution in [3.63, 3.8) is 0 Å². The summed E-state index contributed by atoms with van der Waals surface area (Å²) in [4.78, 5) is 15.0. The highest BCUT2D eigenvalue weighted by atomic mass is 16.3. The van der Waals surface area contributed by atoms with E-state index in [-0.39, 0.29) is 19.8 Å². The van der Waals surface area contributed by atoms with Crippen LogP contribution in [0.25, 0.3) is 11.2 Å². The zero-order chi connectivity index (χ0) is 17.4. The number of fused-ring (bicyclic) bond motifs is 2. The SMILES string of the molecule is OCc1nnn2c1CN(c1ncnc3c1ncn3CC(O)CO)CC2. The van der Waals surface area contributed by atoms with Crippen LogP contribution in [0.15, 0.2) is 12.7 Å². The largest absolute Gasteiger partial charge is 0.394 e. The summed E-state index contributed by atoms with van der Waals surface area (Å²) in [6, 6.07) is 0. The fourth-order valence-corrected chi connectivity index (χ4v) is 3.02. The summed E-state index contributed by atoms with van der Waals surface area (Å²) in [7, 11) is 0. The summed E-state index contributed by atoms with van der Waals surface area (Å²) in [6.07, 6.45) is 2.16. The molecule has 0 fully saturated rings. The maximum absolute atomic E-state index is 9.66. The summed E-state index contributed by atoms with van der Waals surface area (Å²) < 4.78 is 3.48. The van der Waals surface area contributed by atoms with Crippen molar-refractivity contribution >= 4 is 17.0 Å². The lowest BCUT2D eigenvalue weighted by atomic mass is 10.2. The minimum absolute atomic E-state index is 0.157. The van der Waals surface area contributed by atoms with E-state index in [9.17, 15) is 10.2 Å². The third kappa shape index (κ3) is 2.71. The Balaban J connectivity index is 1.68. The van der Waals surface area contributed by atoms with Gasteiger partial charge in [-0.15, -0.1) is 5.10 Å². The fraction of sp³-hybridized carbons (Fsp3) is 0.500. The molecule has 0 saturated carbocycles. The Kier molecular flexibility index (Phi) is 4.03. The van der Waals surface area contributed by atoms with E-state index in [1.54, 1.807) is 15.6 Å². The summed E-state index contributed by atoms with van der Waals surface area (Å²) in [6.45, 7) is 1.55. The fourth-order valence-electron chi connectivity index (χ4n) is 3.02. The van der Waals surface area contributed by atoms with Gasteiger partial charge in [0.15, 0.2) is 17.0 Å². The molecule has 0 spiro atoms. The van der Waals surface area contributed by atoms with E-state index in [2.05, 4.69) is 25.3 Å². The van der Waals surface area contributed by atoms with Gasteiger partial charge in [-0.25, -0.2) is 19.6 Å². The average molecular weight is 346 g/mol. The molecule has 11 heteroatoms. The van der Waals surface area contributed by atoms with Gasteiger partial charge in [-0.3, -0.25) is 0 Å². The summed E-state index contributed by atoms with van der Waals surface area (Å²) in [5.74, 6) is 0.679. The van der Waals surface area contributed by atoms with E-state index < -0.39 is 6.10 Å². The molecule has 1 aliphatic heterocycles. The maximum Gasteiger partial charge on any atom is 0.165 e. The lowest BCUT2D eigenvalue weighted by Crippen LogP contribution is -2.35. The molecular formula is C14H18N8O3. The van der Waals surface area contributed by atoms with Gasteiger partial charge in [0.05, 0.1) is 51.0 Å². The minimum Gasteiger partial charge on any atom is -0.394 e. The quantitative estimate of drug-likeness (QED) is 0.492. The summed E-state index contributed by atoms with van der Waals surface area (Å²) in [5.41, 5.74) is 2.64. The van der Waals surface area contributed by atoms with Crippen LogP contribution in [-0.2, 0) is 26.2 Å². The molecule has 4 rings (SSSR count). The number of hydrogen-bond donors (Lipinski definition) is 3. The van der Waals surface area contributed by atoms with Crippen LogP contribution >= 0.6 is 0 Å². The molecule has 4 heterocycles. The van der Waals surface area contributed by atoms with Crippen molar-refractivity contribution in [2.24, 2.45) is 0 Å². The summed E-state index contributed by atoms with van der Waals surface area (Å²) >= 11 is 0. The molecule has 25 heavy (non-hydrogen) atoms. The number of nitrogens with zero attached hydrogens (tertiary/aromatic N) is 8. The highest BCUT2D eigenvalue weighted by molar-refractivity contribution is 5.83. The molecule has 1 unspecified atom stereocenters. The van der Waals surface area contributed by atoms with Crippen molar-refractivity contribution in [2.75, 3.05) is 18.1 Å². The van der Waals surface area contributed by atoms with Crippen molar-refractivity contribution in [1.82, 2.24) is 34.5 Å². The van der Waals surface area contributed by atoms with Crippen LogP contribution in [0.2, 0.25) is 0 Å². The van der Waals surface area contributed by atoms with Crippen LogP contribution < -0.4 is 4.90 Å². The molecule has 3 aromatic heterocycles. The van der Waals surface area contributed by atoms with Crippen LogP contribution in [-0.4, -0.2) is 69.1 Å². The molecule has 1 aliphatic rings. The number of aromatic nitrogens is 7. The van der Waals surface area contributed by atoms with Gasteiger partial charge < -0.3 is 24.8 Å². The van der Waals surface area contributed by atoms with Crippen molar-refractivity contribution in [1.29, 1.82) is 0 Å². The first-order chi connectivity index (χ1) is 12.2. The van der Waals surface area contributed by atoms with E-state index >= 15 is 0 Å². The molecule has 3 aromatic rings. The van der Waals surface area contributed by atoms with Crippen LogP contribution in [0.4, 0.5) is 5.82 Å². The predicted molar refractivity (Wildman–Crippen MR) is 85.4 cm³/mol. The summed E-state index contributed by atoms with van der Waals surface area (Å²) in [5, 5.41) is 36.1. The lowest BCUT2D eigenvalue weighted by molar-refractivity contribution is 0.0820. The standard InChI is InChI=1S/C14H18N8O3/c23-5-9(25)3-21-8-17-12-13(15-7-16-14(12)21)20-1-2-22-11(4-20)10(6-24)18-19-22/h7-9,23-25H,1-6H2. The van der Waals surface area contributed by atoms with E-state index in [0.29, 0.717) is 42.3 Å². The molecule has 0 radical (unpaired) electrons. The second-order valence-electron chi connectivity index (χ2n) is 5.89. The Morgan fingerprint density at radius 2 is 2.04 bits per heavy atom. The molecule has 3 N–H and O–H groups in total. The van der Waals surface area contributed by atoms with E-state index in [1.807, 2.05) is 4.90 Å². The van der Waals surface area contributed by atoms with Crippen molar-refractivity contribution < 1.29 is 15.3 Å². The van der Waals surface area contributed by atoms with Crippen molar-refractivity contribution in [2.45, 2.75) is 32.3 Å². The molecule has 1 atom stereocenters. The molecule has 11 nitrogen and oxygen atoms in total. The first kappa shape index (κ1) is 15.9. The number of rotatable bonds is 5. The first-order valence-corrected chi connectivity index (χ1v) is 7.93. The topological polar surface area (TPSA) is 138 Å². The maximum atomic E-state index is 9.66. The van der Waals surface area contributed by atoms with E-state index in [4.69, 9.17) is 5.11 Å². The molecule has 0 aromatic carbocycles. The second-order valence-corrected chi connectivity index (χ2v) is 5.89. The Hall–Kier alpha value is -2.63. The Bertz CT molecular complexity index is 878. The van der Waals surface area contributed by atoms with Gasteiger partial charge in [0.1, 0.15) is 12.0 Å². The highest BCUT2D eigenvalue weighted by Gasteiger charge is 2.25. The number of aliphatic hydroxyl groups excluding tert-OH is 3. The molecule has 0 bridgehead atoms. The van der Waals surface area contributed by atoms with Gasteiger partial charge >= 0.3 is 0 Å². The molecule has 132 valence electrons. The van der Waals surface area contributed by atoms with Crippen LogP contribution in [0, 0.1) is 0 Å². The Morgan fingerprint density at radius 1 is 1.16 bits per heavy atom. The highest BCUT2D eigenvalue weighted by Crippen LogP contribution is 2.25. The van der Waals surface area contributed by atoms with Gasteiger partial charge in [0, 0.05) is 6.54 Å². The van der Waals surface area contributed by atoms with Crippen LogP contribution in [0.1, 0.15) is 11.4 Å². The van der Waals surface area contributed by atoms with Crippen molar-refractivity contribution in [3.05, 3.63) is 24.0 Å². The smallest absolute Gasteiger partial charge is 0.165 e. The zero-order valence-electron chi connectivity index (χ0n) is 13.4. The normalized spacial score (nSPS) is 15.6. The number of anilines is 1. The zero-order valence-corrected chi connectivity index (χ0v) is 13.4. The first-order valence-electron chi connectivity index (χ1n) is 7.93. The Labute approximate surface area is 142 Å². The third-order valence-electron chi connectivity index (χ3n) is 4.29. The van der Waals surface area contributed by atoms with Gasteiger partial charge in [-0.1, -0.05) is 5.21 Å². The minimum atomic E-state index is -0.877. The third-order valence-corrected chi connectivity index (χ3v) is 4.29. The van der Waals surface area contributed by atoms with Gasteiger partial charge in [0.25, 0.3) is 0 Å².